The summed E-state index contributed by atoms with van der Waals surface area (Å²) in [5.41, 5.74) is 6.63. The van der Waals surface area contributed by atoms with Crippen molar-refractivity contribution in [1.29, 1.82) is 0 Å². The van der Waals surface area contributed by atoms with E-state index in [1.165, 1.54) is 0 Å². The van der Waals surface area contributed by atoms with Crippen LogP contribution in [0.25, 0.3) is 22.3 Å². The maximum Gasteiger partial charge on any atom is 0.268 e. The van der Waals surface area contributed by atoms with Crippen LogP contribution in [0.3, 0.4) is 0 Å². The standard InChI is InChI=1S/C36H31F4NO2/c1-24(37)35(39)42-33-20-12-28(13-21-33)26-8-16-31(17-9-26)41(30-6-4-3-5-7-30)32-18-10-27(11-19-32)29-14-22-34(23-15-29)43-36(40)25(2)38/h3-25,35-36H,1-2H3/t24?,25?,35-,36?/m0/s1. The normalized spacial score (nSPS) is 13.9. The Morgan fingerprint density at radius 1 is 0.419 bits per heavy atom. The monoisotopic (exact) mass is 585 g/mol. The van der Waals surface area contributed by atoms with Gasteiger partial charge in [0.2, 0.25) is 0 Å². The van der Waals surface area contributed by atoms with Crippen LogP contribution in [0.5, 0.6) is 11.5 Å². The van der Waals surface area contributed by atoms with Gasteiger partial charge in [-0.1, -0.05) is 66.7 Å². The molecular weight excluding hydrogens is 554 g/mol. The Balaban J connectivity index is 1.36. The van der Waals surface area contributed by atoms with E-state index < -0.39 is 25.1 Å². The Labute approximate surface area is 248 Å². The molecule has 0 amide bonds. The number of rotatable bonds is 11. The Kier molecular flexibility index (Phi) is 9.30. The van der Waals surface area contributed by atoms with Crippen LogP contribution in [-0.2, 0) is 0 Å². The fraction of sp³-hybridized carbons (Fsp3) is 0.167. The average molecular weight is 586 g/mol. The molecule has 5 aromatic carbocycles. The van der Waals surface area contributed by atoms with Gasteiger partial charge < -0.3 is 14.4 Å². The molecule has 0 saturated heterocycles. The first-order valence-electron chi connectivity index (χ1n) is 13.9. The maximum absolute atomic E-state index is 13.6. The number of nitrogens with zero attached hydrogens (tertiary/aromatic N) is 1. The number of benzene rings is 5. The van der Waals surface area contributed by atoms with Crippen molar-refractivity contribution in [2.75, 3.05) is 4.90 Å². The molecule has 0 spiro atoms. The highest BCUT2D eigenvalue weighted by Crippen LogP contribution is 2.37. The zero-order valence-corrected chi connectivity index (χ0v) is 23.7. The first-order valence-corrected chi connectivity index (χ1v) is 13.9. The summed E-state index contributed by atoms with van der Waals surface area (Å²) >= 11 is 0. The van der Waals surface area contributed by atoms with Gasteiger partial charge in [-0.05, 0) is 96.8 Å². The molecule has 0 aliphatic heterocycles. The molecule has 220 valence electrons. The summed E-state index contributed by atoms with van der Waals surface area (Å²) in [6, 6.07) is 39.9. The molecule has 5 rings (SSSR count). The molecule has 43 heavy (non-hydrogen) atoms. The summed E-state index contributed by atoms with van der Waals surface area (Å²) in [4.78, 5) is 2.14. The SMILES string of the molecule is CC(F)C(F)Oc1ccc(-c2ccc(N(c3ccccc3)c3ccc(-c4ccc(O[C@H](F)C(C)F)cc4)cc3)cc2)cc1. The number of hydrogen-bond acceptors (Lipinski definition) is 3. The van der Waals surface area contributed by atoms with Crippen LogP contribution in [0.2, 0.25) is 0 Å². The van der Waals surface area contributed by atoms with Gasteiger partial charge in [0.15, 0.2) is 12.3 Å². The van der Waals surface area contributed by atoms with E-state index >= 15 is 0 Å². The second-order valence-corrected chi connectivity index (χ2v) is 10.1. The topological polar surface area (TPSA) is 21.7 Å². The number of para-hydroxylation sites is 1. The summed E-state index contributed by atoms with van der Waals surface area (Å²) in [6.45, 7) is 2.23. The molecule has 0 radical (unpaired) electrons. The van der Waals surface area contributed by atoms with Gasteiger partial charge in [-0.15, -0.1) is 0 Å². The van der Waals surface area contributed by atoms with Crippen molar-refractivity contribution in [3.8, 4) is 33.8 Å². The van der Waals surface area contributed by atoms with Gasteiger partial charge in [-0.2, -0.15) is 8.78 Å². The third kappa shape index (κ3) is 7.36. The van der Waals surface area contributed by atoms with Crippen LogP contribution < -0.4 is 14.4 Å². The van der Waals surface area contributed by atoms with Crippen molar-refractivity contribution in [2.24, 2.45) is 0 Å². The highest BCUT2D eigenvalue weighted by molar-refractivity contribution is 5.79. The van der Waals surface area contributed by atoms with Crippen molar-refractivity contribution in [2.45, 2.75) is 38.9 Å². The minimum atomic E-state index is -2.01. The lowest BCUT2D eigenvalue weighted by Crippen LogP contribution is -2.20. The molecule has 4 atom stereocenters. The van der Waals surface area contributed by atoms with E-state index in [1.807, 2.05) is 103 Å². The number of alkyl halides is 4. The van der Waals surface area contributed by atoms with Gasteiger partial charge in [0.1, 0.15) is 11.5 Å². The Bertz CT molecular complexity index is 1470. The third-order valence-electron chi connectivity index (χ3n) is 6.86. The molecule has 5 aromatic rings. The van der Waals surface area contributed by atoms with Gasteiger partial charge in [0.25, 0.3) is 12.7 Å². The molecule has 0 aliphatic carbocycles. The van der Waals surface area contributed by atoms with E-state index in [2.05, 4.69) is 4.90 Å². The molecule has 7 heteroatoms. The van der Waals surface area contributed by atoms with Gasteiger partial charge in [0, 0.05) is 17.1 Å². The quantitative estimate of drug-likeness (QED) is 0.144. The zero-order valence-electron chi connectivity index (χ0n) is 23.7. The second kappa shape index (κ2) is 13.5. The summed E-state index contributed by atoms with van der Waals surface area (Å²) in [5, 5.41) is 0. The van der Waals surface area contributed by atoms with Gasteiger partial charge in [0.05, 0.1) is 0 Å². The lowest BCUT2D eigenvalue weighted by molar-refractivity contribution is 0.00208. The predicted octanol–water partition coefficient (Wildman–Crippen LogP) is 10.6. The van der Waals surface area contributed by atoms with E-state index in [0.717, 1.165) is 53.2 Å². The second-order valence-electron chi connectivity index (χ2n) is 10.1. The van der Waals surface area contributed by atoms with E-state index in [0.29, 0.717) is 0 Å². The lowest BCUT2D eigenvalue weighted by Gasteiger charge is -2.26. The van der Waals surface area contributed by atoms with Gasteiger partial charge in [-0.3, -0.25) is 0 Å². The molecular formula is C36H31F4NO2. The summed E-state index contributed by atoms with van der Waals surface area (Å²) in [5.74, 6) is 0.528. The number of halogens is 4. The Morgan fingerprint density at radius 3 is 1.05 bits per heavy atom. The van der Waals surface area contributed by atoms with Crippen LogP contribution in [0.15, 0.2) is 127 Å². The molecule has 0 saturated carbocycles. The largest absolute Gasteiger partial charge is 0.457 e. The molecule has 0 heterocycles. The van der Waals surface area contributed by atoms with E-state index in [-0.39, 0.29) is 11.5 Å². The first-order chi connectivity index (χ1) is 20.8. The predicted molar refractivity (Wildman–Crippen MR) is 164 cm³/mol. The molecule has 0 bridgehead atoms. The van der Waals surface area contributed by atoms with Gasteiger partial charge >= 0.3 is 0 Å². The van der Waals surface area contributed by atoms with Crippen molar-refractivity contribution >= 4 is 17.1 Å². The third-order valence-corrected chi connectivity index (χ3v) is 6.86. The fourth-order valence-corrected chi connectivity index (χ4v) is 4.53. The molecule has 0 aromatic heterocycles. The number of ether oxygens (including phenoxy) is 2. The Morgan fingerprint density at radius 2 is 0.721 bits per heavy atom. The van der Waals surface area contributed by atoms with E-state index in [1.54, 1.807) is 24.3 Å². The lowest BCUT2D eigenvalue weighted by atomic mass is 10.0. The first kappa shape index (κ1) is 29.7. The summed E-state index contributed by atoms with van der Waals surface area (Å²) < 4.78 is 63.4. The fourth-order valence-electron chi connectivity index (χ4n) is 4.53. The smallest absolute Gasteiger partial charge is 0.268 e. The van der Waals surface area contributed by atoms with Crippen LogP contribution >= 0.6 is 0 Å². The van der Waals surface area contributed by atoms with Crippen molar-refractivity contribution < 1.29 is 27.0 Å². The Hall–Kier alpha value is -4.78. The van der Waals surface area contributed by atoms with Crippen LogP contribution in [0, 0.1) is 0 Å². The number of hydrogen-bond donors (Lipinski definition) is 0. The van der Waals surface area contributed by atoms with Crippen molar-refractivity contribution in [3.05, 3.63) is 127 Å². The molecule has 0 aliphatic rings. The highest BCUT2D eigenvalue weighted by atomic mass is 19.2. The van der Waals surface area contributed by atoms with Crippen molar-refractivity contribution in [3.63, 3.8) is 0 Å². The minimum Gasteiger partial charge on any atom is -0.457 e. The maximum atomic E-state index is 13.6. The minimum absolute atomic E-state index is 0.264. The van der Waals surface area contributed by atoms with Crippen LogP contribution in [0.1, 0.15) is 13.8 Å². The van der Waals surface area contributed by atoms with E-state index in [4.69, 9.17) is 9.47 Å². The van der Waals surface area contributed by atoms with E-state index in [9.17, 15) is 17.6 Å². The molecule has 0 N–H and O–H groups in total. The van der Waals surface area contributed by atoms with Crippen LogP contribution in [0.4, 0.5) is 34.6 Å². The van der Waals surface area contributed by atoms with Crippen molar-refractivity contribution in [1.82, 2.24) is 0 Å². The molecule has 3 nitrogen and oxygen atoms in total. The van der Waals surface area contributed by atoms with Gasteiger partial charge in [-0.25, -0.2) is 8.78 Å². The summed E-state index contributed by atoms with van der Waals surface area (Å²) in [7, 11) is 0. The average Bonchev–Trinajstić information content (AvgIpc) is 3.03. The molecule has 3 unspecified atom stereocenters. The van der Waals surface area contributed by atoms with Crippen LogP contribution in [-0.4, -0.2) is 25.1 Å². The highest BCUT2D eigenvalue weighted by Gasteiger charge is 2.18. The summed E-state index contributed by atoms with van der Waals surface area (Å²) in [6.07, 6.45) is -7.45. The number of anilines is 3. The molecule has 0 fully saturated rings. The zero-order chi connectivity index (χ0) is 30.3.